The van der Waals surface area contributed by atoms with E-state index < -0.39 is 5.97 Å². The quantitative estimate of drug-likeness (QED) is 0.789. The number of aromatic carboxylic acids is 1. The topological polar surface area (TPSA) is 76.2 Å². The number of pyridine rings is 1. The molecule has 1 aromatic heterocycles. The smallest absolute Gasteiger partial charge is 0.354 e. The summed E-state index contributed by atoms with van der Waals surface area (Å²) in [5, 5.41) is 8.45. The molecule has 74 valence electrons. The molecular weight excluding hydrogens is 215 g/mol. The van der Waals surface area contributed by atoms with E-state index in [1.807, 2.05) is 0 Å². The Balaban J connectivity index is 0. The molecule has 0 aromatic carbocycles. The van der Waals surface area contributed by atoms with Gasteiger partial charge in [0.15, 0.2) is 0 Å². The number of hydrogen-bond acceptors (Lipinski definition) is 3. The van der Waals surface area contributed by atoms with E-state index in [1.165, 1.54) is 12.3 Å². The molecule has 0 unspecified atom stereocenters. The summed E-state index contributed by atoms with van der Waals surface area (Å²) < 4.78 is 0. The molecule has 3 N–H and O–H groups in total. The third-order valence-electron chi connectivity index (χ3n) is 1.28. The van der Waals surface area contributed by atoms with E-state index >= 15 is 0 Å². The zero-order valence-electron chi connectivity index (χ0n) is 6.64. The van der Waals surface area contributed by atoms with Crippen molar-refractivity contribution in [2.75, 3.05) is 0 Å². The fourth-order valence-electron chi connectivity index (χ4n) is 0.672. The Morgan fingerprint density at radius 2 is 2.08 bits per heavy atom. The van der Waals surface area contributed by atoms with Gasteiger partial charge in [-0.3, -0.25) is 0 Å². The number of hydrogen-bond donors (Lipinski definition) is 2. The van der Waals surface area contributed by atoms with E-state index in [0.29, 0.717) is 6.54 Å². The summed E-state index contributed by atoms with van der Waals surface area (Å²) in [6.45, 7) is 0.382. The van der Waals surface area contributed by atoms with Crippen LogP contribution < -0.4 is 5.73 Å². The molecule has 0 aliphatic rings. The molecule has 0 amide bonds. The number of halogens is 2. The van der Waals surface area contributed by atoms with Crippen LogP contribution in [0.4, 0.5) is 0 Å². The van der Waals surface area contributed by atoms with Gasteiger partial charge in [-0.1, -0.05) is 6.07 Å². The van der Waals surface area contributed by atoms with Crippen molar-refractivity contribution in [1.29, 1.82) is 0 Å². The van der Waals surface area contributed by atoms with Crippen LogP contribution in [0.5, 0.6) is 0 Å². The lowest BCUT2D eigenvalue weighted by molar-refractivity contribution is 0.0690. The van der Waals surface area contributed by atoms with Crippen LogP contribution in [0.25, 0.3) is 0 Å². The lowest BCUT2D eigenvalue weighted by Crippen LogP contribution is -2.02. The van der Waals surface area contributed by atoms with Gasteiger partial charge in [0.25, 0.3) is 0 Å². The lowest BCUT2D eigenvalue weighted by Gasteiger charge is -1.95. The third-order valence-corrected chi connectivity index (χ3v) is 1.28. The maximum atomic E-state index is 10.3. The van der Waals surface area contributed by atoms with E-state index in [0.717, 1.165) is 5.56 Å². The van der Waals surface area contributed by atoms with Gasteiger partial charge >= 0.3 is 5.97 Å². The largest absolute Gasteiger partial charge is 0.477 e. The Labute approximate surface area is 88.0 Å². The highest BCUT2D eigenvalue weighted by molar-refractivity contribution is 5.85. The van der Waals surface area contributed by atoms with Crippen LogP contribution in [0.15, 0.2) is 18.3 Å². The summed E-state index contributed by atoms with van der Waals surface area (Å²) in [4.78, 5) is 14.0. The highest BCUT2D eigenvalue weighted by atomic mass is 35.5. The fraction of sp³-hybridized carbons (Fsp3) is 0.143. The van der Waals surface area contributed by atoms with Gasteiger partial charge in [-0.15, -0.1) is 24.8 Å². The molecule has 13 heavy (non-hydrogen) atoms. The summed E-state index contributed by atoms with van der Waals surface area (Å²) in [5.74, 6) is -1.02. The van der Waals surface area contributed by atoms with Crippen molar-refractivity contribution < 1.29 is 9.90 Å². The van der Waals surface area contributed by atoms with E-state index in [2.05, 4.69) is 4.98 Å². The van der Waals surface area contributed by atoms with Crippen LogP contribution in [-0.4, -0.2) is 16.1 Å². The highest BCUT2D eigenvalue weighted by Gasteiger charge is 2.01. The summed E-state index contributed by atoms with van der Waals surface area (Å²) >= 11 is 0. The van der Waals surface area contributed by atoms with Gasteiger partial charge in [-0.05, 0) is 11.6 Å². The summed E-state index contributed by atoms with van der Waals surface area (Å²) in [6, 6.07) is 3.08. The average molecular weight is 225 g/mol. The van der Waals surface area contributed by atoms with Crippen molar-refractivity contribution in [2.45, 2.75) is 6.54 Å². The molecule has 0 aliphatic carbocycles. The zero-order chi connectivity index (χ0) is 8.27. The zero-order valence-corrected chi connectivity index (χ0v) is 8.27. The first kappa shape index (κ1) is 14.7. The molecular formula is C7H10Cl2N2O2. The second kappa shape index (κ2) is 6.65. The van der Waals surface area contributed by atoms with Crippen molar-refractivity contribution in [2.24, 2.45) is 5.73 Å². The fourth-order valence-corrected chi connectivity index (χ4v) is 0.672. The van der Waals surface area contributed by atoms with Crippen molar-refractivity contribution >= 4 is 30.8 Å². The number of carboxylic acids is 1. The average Bonchev–Trinajstić information content (AvgIpc) is 2.05. The molecule has 0 atom stereocenters. The minimum atomic E-state index is -1.02. The number of rotatable bonds is 2. The molecule has 0 fully saturated rings. The molecule has 1 heterocycles. The first-order chi connectivity index (χ1) is 5.24. The number of aromatic nitrogens is 1. The van der Waals surface area contributed by atoms with Crippen molar-refractivity contribution in [3.05, 3.63) is 29.6 Å². The molecule has 0 spiro atoms. The van der Waals surface area contributed by atoms with Crippen LogP contribution in [0.1, 0.15) is 16.1 Å². The second-order valence-electron chi connectivity index (χ2n) is 2.06. The summed E-state index contributed by atoms with van der Waals surface area (Å²) in [6.07, 6.45) is 1.46. The molecule has 4 nitrogen and oxygen atoms in total. The number of carbonyl (C=O) groups is 1. The van der Waals surface area contributed by atoms with E-state index in [9.17, 15) is 4.79 Å². The maximum absolute atomic E-state index is 10.3. The molecule has 0 bridgehead atoms. The highest BCUT2D eigenvalue weighted by Crippen LogP contribution is 1.98. The molecule has 1 rings (SSSR count). The van der Waals surface area contributed by atoms with Gasteiger partial charge < -0.3 is 10.8 Å². The number of nitrogens with zero attached hydrogens (tertiary/aromatic N) is 1. The SMILES string of the molecule is Cl.Cl.NCc1ccc(C(=O)O)nc1. The predicted octanol–water partition coefficient (Wildman–Crippen LogP) is 1.08. The minimum absolute atomic E-state index is 0. The monoisotopic (exact) mass is 224 g/mol. The van der Waals surface area contributed by atoms with Gasteiger partial charge in [0, 0.05) is 12.7 Å². The Kier molecular flexibility index (Phi) is 7.51. The molecule has 1 aromatic rings. The van der Waals surface area contributed by atoms with Crippen LogP contribution >= 0.6 is 24.8 Å². The Morgan fingerprint density at radius 1 is 1.46 bits per heavy atom. The van der Waals surface area contributed by atoms with Gasteiger partial charge in [-0.25, -0.2) is 9.78 Å². The first-order valence-electron chi connectivity index (χ1n) is 3.12. The summed E-state index contributed by atoms with van der Waals surface area (Å²) in [7, 11) is 0. The van der Waals surface area contributed by atoms with E-state index in [1.54, 1.807) is 6.07 Å². The molecule has 6 heteroatoms. The summed E-state index contributed by atoms with van der Waals surface area (Å²) in [5.41, 5.74) is 6.16. The standard InChI is InChI=1S/C7H8N2O2.2ClH/c8-3-5-1-2-6(7(10)11)9-4-5;;/h1-2,4H,3,8H2,(H,10,11);2*1H. The van der Waals surface area contributed by atoms with Gasteiger partial charge in [0.1, 0.15) is 5.69 Å². The van der Waals surface area contributed by atoms with Crippen LogP contribution in [0.2, 0.25) is 0 Å². The maximum Gasteiger partial charge on any atom is 0.354 e. The molecule has 0 aliphatic heterocycles. The Morgan fingerprint density at radius 3 is 2.38 bits per heavy atom. The van der Waals surface area contributed by atoms with Crippen LogP contribution in [0, 0.1) is 0 Å². The Hall–Kier alpha value is -0.840. The molecule has 0 saturated carbocycles. The van der Waals surface area contributed by atoms with Crippen molar-refractivity contribution in [3.8, 4) is 0 Å². The predicted molar refractivity (Wildman–Crippen MR) is 53.6 cm³/mol. The number of nitrogens with two attached hydrogens (primary N) is 1. The van der Waals surface area contributed by atoms with Crippen LogP contribution in [0.3, 0.4) is 0 Å². The normalized spacial score (nSPS) is 8.08. The van der Waals surface area contributed by atoms with Gasteiger partial charge in [0.2, 0.25) is 0 Å². The van der Waals surface area contributed by atoms with E-state index in [4.69, 9.17) is 10.8 Å². The minimum Gasteiger partial charge on any atom is -0.477 e. The van der Waals surface area contributed by atoms with E-state index in [-0.39, 0.29) is 30.5 Å². The third kappa shape index (κ3) is 4.07. The van der Waals surface area contributed by atoms with Gasteiger partial charge in [-0.2, -0.15) is 0 Å². The Bertz CT molecular complexity index is 264. The van der Waals surface area contributed by atoms with Crippen molar-refractivity contribution in [1.82, 2.24) is 4.98 Å². The van der Waals surface area contributed by atoms with Crippen molar-refractivity contribution in [3.63, 3.8) is 0 Å². The lowest BCUT2D eigenvalue weighted by atomic mass is 10.2. The van der Waals surface area contributed by atoms with Crippen LogP contribution in [-0.2, 0) is 6.54 Å². The second-order valence-corrected chi connectivity index (χ2v) is 2.06. The first-order valence-corrected chi connectivity index (χ1v) is 3.12. The number of carboxylic acid groups (broad SMARTS) is 1. The van der Waals surface area contributed by atoms with Gasteiger partial charge in [0.05, 0.1) is 0 Å². The molecule has 0 radical (unpaired) electrons. The molecule has 0 saturated heterocycles.